The Bertz CT molecular complexity index is 398. The standard InChI is InChI=1S/C15H24N2O3/c1-5-7-9-13(8-6-2)10-16-15(19)14(11-20-4)17-12(3)18/h5-9,14H,10-11H2,1-4H3,(H,16,19)(H,17,18)/b7-5-,8-6-,13-9+. The van der Waals surface area contributed by atoms with Crippen LogP contribution in [-0.4, -0.2) is 38.1 Å². The molecule has 1 atom stereocenters. The van der Waals surface area contributed by atoms with Gasteiger partial charge in [-0.3, -0.25) is 9.59 Å². The lowest BCUT2D eigenvalue weighted by Gasteiger charge is -2.16. The van der Waals surface area contributed by atoms with E-state index in [2.05, 4.69) is 10.6 Å². The van der Waals surface area contributed by atoms with Gasteiger partial charge in [0, 0.05) is 20.6 Å². The maximum absolute atomic E-state index is 12.0. The number of hydrogen-bond acceptors (Lipinski definition) is 3. The van der Waals surface area contributed by atoms with E-state index in [0.717, 1.165) is 5.57 Å². The number of rotatable bonds is 8. The van der Waals surface area contributed by atoms with Gasteiger partial charge in [-0.15, -0.1) is 0 Å². The number of ether oxygens (including phenoxy) is 1. The zero-order valence-corrected chi connectivity index (χ0v) is 12.6. The van der Waals surface area contributed by atoms with E-state index in [9.17, 15) is 9.59 Å². The highest BCUT2D eigenvalue weighted by molar-refractivity contribution is 5.87. The molecule has 0 fully saturated rings. The monoisotopic (exact) mass is 280 g/mol. The first-order chi connectivity index (χ1) is 9.54. The van der Waals surface area contributed by atoms with Gasteiger partial charge in [-0.1, -0.05) is 30.4 Å². The predicted octanol–water partition coefficient (Wildman–Crippen LogP) is 1.33. The molecule has 0 bridgehead atoms. The highest BCUT2D eigenvalue weighted by Crippen LogP contribution is 1.97. The molecule has 0 spiro atoms. The van der Waals surface area contributed by atoms with Gasteiger partial charge in [0.25, 0.3) is 0 Å². The van der Waals surface area contributed by atoms with Crippen LogP contribution < -0.4 is 10.6 Å². The molecule has 0 radical (unpaired) electrons. The van der Waals surface area contributed by atoms with Gasteiger partial charge in [0.2, 0.25) is 11.8 Å². The molecule has 0 aromatic carbocycles. The van der Waals surface area contributed by atoms with E-state index in [1.54, 1.807) is 0 Å². The lowest BCUT2D eigenvalue weighted by atomic mass is 10.2. The fourth-order valence-corrected chi connectivity index (χ4v) is 1.51. The van der Waals surface area contributed by atoms with Crippen LogP contribution in [0.25, 0.3) is 0 Å². The van der Waals surface area contributed by atoms with E-state index in [4.69, 9.17) is 4.74 Å². The van der Waals surface area contributed by atoms with Gasteiger partial charge >= 0.3 is 0 Å². The average molecular weight is 280 g/mol. The maximum Gasteiger partial charge on any atom is 0.245 e. The molecule has 0 aliphatic rings. The van der Waals surface area contributed by atoms with E-state index in [1.807, 2.05) is 44.2 Å². The molecule has 0 aromatic rings. The summed E-state index contributed by atoms with van der Waals surface area (Å²) in [4.78, 5) is 23.0. The molecule has 0 saturated heterocycles. The number of nitrogens with one attached hydrogen (secondary N) is 2. The van der Waals surface area contributed by atoms with E-state index in [-0.39, 0.29) is 18.4 Å². The fraction of sp³-hybridized carbons (Fsp3) is 0.467. The summed E-state index contributed by atoms with van der Waals surface area (Å²) >= 11 is 0. The van der Waals surface area contributed by atoms with Crippen molar-refractivity contribution in [2.45, 2.75) is 26.8 Å². The van der Waals surface area contributed by atoms with E-state index >= 15 is 0 Å². The number of amides is 2. The second kappa shape index (κ2) is 11.0. The van der Waals surface area contributed by atoms with Gasteiger partial charge in [0.15, 0.2) is 0 Å². The summed E-state index contributed by atoms with van der Waals surface area (Å²) < 4.78 is 4.93. The Labute approximate surface area is 120 Å². The van der Waals surface area contributed by atoms with Crippen LogP contribution >= 0.6 is 0 Å². The van der Waals surface area contributed by atoms with E-state index in [0.29, 0.717) is 6.54 Å². The summed E-state index contributed by atoms with van der Waals surface area (Å²) in [6.45, 7) is 5.74. The molecule has 0 saturated carbocycles. The first-order valence-corrected chi connectivity index (χ1v) is 6.53. The average Bonchev–Trinajstić information content (AvgIpc) is 2.40. The topological polar surface area (TPSA) is 67.4 Å². The van der Waals surface area contributed by atoms with Gasteiger partial charge in [0.1, 0.15) is 6.04 Å². The van der Waals surface area contributed by atoms with Crippen molar-refractivity contribution >= 4 is 11.8 Å². The Morgan fingerprint density at radius 1 is 1.25 bits per heavy atom. The maximum atomic E-state index is 12.0. The molecule has 0 aromatic heterocycles. The SMILES string of the molecule is C\C=C/C=C(\C=C/C)CNC(=O)C(COC)NC(C)=O. The van der Waals surface area contributed by atoms with Crippen molar-refractivity contribution in [2.75, 3.05) is 20.3 Å². The smallest absolute Gasteiger partial charge is 0.245 e. The zero-order chi connectivity index (χ0) is 15.4. The minimum Gasteiger partial charge on any atom is -0.382 e. The number of hydrogen-bond donors (Lipinski definition) is 2. The summed E-state index contributed by atoms with van der Waals surface area (Å²) in [6, 6.07) is -0.675. The third kappa shape index (κ3) is 8.26. The Balaban J connectivity index is 4.57. The second-order valence-corrected chi connectivity index (χ2v) is 4.19. The minimum atomic E-state index is -0.675. The summed E-state index contributed by atoms with van der Waals surface area (Å²) in [5, 5.41) is 5.33. The van der Waals surface area contributed by atoms with Gasteiger partial charge < -0.3 is 15.4 Å². The summed E-state index contributed by atoms with van der Waals surface area (Å²) in [5.41, 5.74) is 0.970. The molecule has 2 amide bonds. The second-order valence-electron chi connectivity index (χ2n) is 4.19. The van der Waals surface area contributed by atoms with Gasteiger partial charge in [-0.2, -0.15) is 0 Å². The number of methoxy groups -OCH3 is 1. The van der Waals surface area contributed by atoms with E-state index in [1.165, 1.54) is 14.0 Å². The van der Waals surface area contributed by atoms with Crippen LogP contribution in [0.3, 0.4) is 0 Å². The molecule has 0 rings (SSSR count). The molecule has 5 nitrogen and oxygen atoms in total. The highest BCUT2D eigenvalue weighted by Gasteiger charge is 2.18. The Kier molecular flexibility index (Phi) is 9.96. The van der Waals surface area contributed by atoms with Gasteiger partial charge in [-0.25, -0.2) is 0 Å². The lowest BCUT2D eigenvalue weighted by Crippen LogP contribution is -2.48. The van der Waals surface area contributed by atoms with Crippen molar-refractivity contribution in [3.63, 3.8) is 0 Å². The molecular weight excluding hydrogens is 256 g/mol. The number of allylic oxidation sites excluding steroid dienone is 4. The Hall–Kier alpha value is -1.88. The quantitative estimate of drug-likeness (QED) is 0.659. The first-order valence-electron chi connectivity index (χ1n) is 6.53. The Morgan fingerprint density at radius 3 is 2.45 bits per heavy atom. The number of carbonyl (C=O) groups excluding carboxylic acids is 2. The first kappa shape index (κ1) is 18.1. The van der Waals surface area contributed by atoms with Crippen LogP contribution in [0.5, 0.6) is 0 Å². The lowest BCUT2D eigenvalue weighted by molar-refractivity contribution is -0.129. The fourth-order valence-electron chi connectivity index (χ4n) is 1.51. The minimum absolute atomic E-state index is 0.142. The Morgan fingerprint density at radius 2 is 1.95 bits per heavy atom. The third-order valence-electron chi connectivity index (χ3n) is 2.38. The summed E-state index contributed by atoms with van der Waals surface area (Å²) in [5.74, 6) is -0.529. The molecule has 112 valence electrons. The van der Waals surface area contributed by atoms with Gasteiger partial charge in [0.05, 0.1) is 6.61 Å². The molecule has 0 aliphatic carbocycles. The third-order valence-corrected chi connectivity index (χ3v) is 2.38. The van der Waals surface area contributed by atoms with Crippen molar-refractivity contribution in [3.05, 3.63) is 36.0 Å². The summed E-state index contributed by atoms with van der Waals surface area (Å²) in [7, 11) is 1.49. The largest absolute Gasteiger partial charge is 0.382 e. The normalized spacial score (nSPS) is 13.7. The highest BCUT2D eigenvalue weighted by atomic mass is 16.5. The molecule has 5 heteroatoms. The zero-order valence-electron chi connectivity index (χ0n) is 12.6. The van der Waals surface area contributed by atoms with Crippen molar-refractivity contribution in [3.8, 4) is 0 Å². The molecule has 1 unspecified atom stereocenters. The van der Waals surface area contributed by atoms with Gasteiger partial charge in [-0.05, 0) is 19.4 Å². The van der Waals surface area contributed by atoms with Crippen molar-refractivity contribution in [2.24, 2.45) is 0 Å². The van der Waals surface area contributed by atoms with E-state index < -0.39 is 6.04 Å². The summed E-state index contributed by atoms with van der Waals surface area (Å²) in [6.07, 6.45) is 9.56. The van der Waals surface area contributed by atoms with Crippen LogP contribution in [0.1, 0.15) is 20.8 Å². The van der Waals surface area contributed by atoms with Crippen LogP contribution in [-0.2, 0) is 14.3 Å². The molecule has 20 heavy (non-hydrogen) atoms. The number of carbonyl (C=O) groups is 2. The molecule has 0 heterocycles. The van der Waals surface area contributed by atoms with Crippen molar-refractivity contribution in [1.29, 1.82) is 0 Å². The van der Waals surface area contributed by atoms with Crippen LogP contribution in [0.15, 0.2) is 36.0 Å². The van der Waals surface area contributed by atoms with Crippen LogP contribution in [0.4, 0.5) is 0 Å². The van der Waals surface area contributed by atoms with Crippen molar-refractivity contribution < 1.29 is 14.3 Å². The molecular formula is C15H24N2O3. The van der Waals surface area contributed by atoms with Crippen LogP contribution in [0, 0.1) is 0 Å². The van der Waals surface area contributed by atoms with Crippen molar-refractivity contribution in [1.82, 2.24) is 10.6 Å². The molecule has 0 aliphatic heterocycles. The predicted molar refractivity (Wildman–Crippen MR) is 80.2 cm³/mol. The van der Waals surface area contributed by atoms with Crippen LogP contribution in [0.2, 0.25) is 0 Å². The molecule has 2 N–H and O–H groups in total.